The summed E-state index contributed by atoms with van der Waals surface area (Å²) in [6, 6.07) is 5.14. The second-order valence-electron chi connectivity index (χ2n) is 6.19. The van der Waals surface area contributed by atoms with Crippen LogP contribution in [0.4, 0.5) is 24.8 Å². The molecule has 1 fully saturated rings. The predicted octanol–water partition coefficient (Wildman–Crippen LogP) is 1.42. The third-order valence-corrected chi connectivity index (χ3v) is 4.95. The SMILES string of the molecule is NS(=O)(=O)c1ccc(Nc2ncc(C(F)(F)F)c(OC3CCOCC3O)n2)cc1. The standard InChI is InChI=1S/C16H17F3N4O5S/c17-16(18,19)11-7-21-15(22-9-1-3-10(4-2-9)29(20,25)26)23-14(11)28-13-5-6-27-8-12(13)24/h1-4,7,12-13,24H,5-6,8H2,(H2,20,25,26)(H,21,22,23). The number of rotatable bonds is 5. The van der Waals surface area contributed by atoms with Crippen LogP contribution in [-0.2, 0) is 20.9 Å². The summed E-state index contributed by atoms with van der Waals surface area (Å²) >= 11 is 0. The van der Waals surface area contributed by atoms with Gasteiger partial charge in [-0.15, -0.1) is 0 Å². The fourth-order valence-electron chi connectivity index (χ4n) is 2.55. The first-order valence-corrected chi connectivity index (χ1v) is 9.85. The average molecular weight is 434 g/mol. The molecule has 1 aliphatic rings. The minimum Gasteiger partial charge on any atom is -0.471 e. The smallest absolute Gasteiger partial charge is 0.423 e. The van der Waals surface area contributed by atoms with E-state index < -0.39 is 39.9 Å². The van der Waals surface area contributed by atoms with E-state index in [-0.39, 0.29) is 30.5 Å². The van der Waals surface area contributed by atoms with Gasteiger partial charge in [-0.05, 0) is 24.3 Å². The monoisotopic (exact) mass is 434 g/mol. The van der Waals surface area contributed by atoms with Gasteiger partial charge in [-0.25, -0.2) is 18.5 Å². The van der Waals surface area contributed by atoms with Crippen LogP contribution in [0.1, 0.15) is 12.0 Å². The van der Waals surface area contributed by atoms with E-state index in [0.29, 0.717) is 11.9 Å². The number of aliphatic hydroxyl groups excluding tert-OH is 1. The Morgan fingerprint density at radius 1 is 1.28 bits per heavy atom. The number of anilines is 2. The zero-order valence-corrected chi connectivity index (χ0v) is 15.6. The molecule has 3 rings (SSSR count). The van der Waals surface area contributed by atoms with Crippen LogP contribution >= 0.6 is 0 Å². The van der Waals surface area contributed by atoms with Crippen molar-refractivity contribution in [3.05, 3.63) is 36.0 Å². The van der Waals surface area contributed by atoms with E-state index in [0.717, 1.165) is 0 Å². The maximum absolute atomic E-state index is 13.3. The van der Waals surface area contributed by atoms with Crippen LogP contribution in [0.15, 0.2) is 35.4 Å². The van der Waals surface area contributed by atoms with Crippen molar-refractivity contribution in [2.24, 2.45) is 5.14 Å². The summed E-state index contributed by atoms with van der Waals surface area (Å²) in [5, 5.41) is 17.5. The molecule has 4 N–H and O–H groups in total. The van der Waals surface area contributed by atoms with E-state index in [1.165, 1.54) is 24.3 Å². The number of hydrogen-bond donors (Lipinski definition) is 3. The predicted molar refractivity (Wildman–Crippen MR) is 94.0 cm³/mol. The number of halogens is 3. The third kappa shape index (κ3) is 5.32. The molecule has 2 heterocycles. The molecule has 0 spiro atoms. The number of ether oxygens (including phenoxy) is 2. The summed E-state index contributed by atoms with van der Waals surface area (Å²) in [7, 11) is -3.88. The Hall–Kier alpha value is -2.48. The Kier molecular flexibility index (Phi) is 5.93. The Morgan fingerprint density at radius 3 is 2.55 bits per heavy atom. The molecule has 2 atom stereocenters. The maximum Gasteiger partial charge on any atom is 0.423 e. The van der Waals surface area contributed by atoms with Crippen molar-refractivity contribution in [2.75, 3.05) is 18.5 Å². The van der Waals surface area contributed by atoms with Crippen molar-refractivity contribution in [2.45, 2.75) is 29.7 Å². The van der Waals surface area contributed by atoms with E-state index in [1.54, 1.807) is 0 Å². The van der Waals surface area contributed by atoms with Gasteiger partial charge in [0.1, 0.15) is 17.8 Å². The van der Waals surface area contributed by atoms with Gasteiger partial charge in [0.2, 0.25) is 21.9 Å². The zero-order chi connectivity index (χ0) is 21.2. The molecule has 1 saturated heterocycles. The molecule has 1 aliphatic heterocycles. The molecule has 13 heteroatoms. The van der Waals surface area contributed by atoms with Crippen LogP contribution in [0.2, 0.25) is 0 Å². The molecule has 0 aliphatic carbocycles. The number of aromatic nitrogens is 2. The number of hydrogen-bond acceptors (Lipinski definition) is 8. The van der Waals surface area contributed by atoms with Gasteiger partial charge >= 0.3 is 6.18 Å². The minimum atomic E-state index is -4.76. The van der Waals surface area contributed by atoms with E-state index >= 15 is 0 Å². The van der Waals surface area contributed by atoms with Crippen LogP contribution < -0.4 is 15.2 Å². The van der Waals surface area contributed by atoms with Crippen molar-refractivity contribution in [1.29, 1.82) is 0 Å². The van der Waals surface area contributed by atoms with Crippen molar-refractivity contribution >= 4 is 21.7 Å². The maximum atomic E-state index is 13.3. The number of sulfonamides is 1. The summed E-state index contributed by atoms with van der Waals surface area (Å²) in [6.45, 7) is 0.175. The Morgan fingerprint density at radius 2 is 1.97 bits per heavy atom. The second-order valence-corrected chi connectivity index (χ2v) is 7.75. The number of nitrogens with zero attached hydrogens (tertiary/aromatic N) is 2. The molecule has 29 heavy (non-hydrogen) atoms. The lowest BCUT2D eigenvalue weighted by molar-refractivity contribution is -0.141. The number of alkyl halides is 3. The molecule has 9 nitrogen and oxygen atoms in total. The fraction of sp³-hybridized carbons (Fsp3) is 0.375. The highest BCUT2D eigenvalue weighted by atomic mass is 32.2. The van der Waals surface area contributed by atoms with E-state index in [2.05, 4.69) is 15.3 Å². The van der Waals surface area contributed by atoms with Crippen molar-refractivity contribution in [1.82, 2.24) is 9.97 Å². The zero-order valence-electron chi connectivity index (χ0n) is 14.8. The van der Waals surface area contributed by atoms with Gasteiger partial charge in [-0.2, -0.15) is 18.2 Å². The first-order chi connectivity index (χ1) is 13.5. The molecule has 158 valence electrons. The van der Waals surface area contributed by atoms with Gasteiger partial charge in [0.25, 0.3) is 0 Å². The molecule has 1 aromatic carbocycles. The first-order valence-electron chi connectivity index (χ1n) is 8.30. The number of nitrogens with two attached hydrogens (primary N) is 1. The summed E-state index contributed by atoms with van der Waals surface area (Å²) in [5.41, 5.74) is -0.875. The van der Waals surface area contributed by atoms with Crippen LogP contribution in [0, 0.1) is 0 Å². The van der Waals surface area contributed by atoms with Gasteiger partial charge in [-0.3, -0.25) is 0 Å². The Bertz CT molecular complexity index is 970. The summed E-state index contributed by atoms with van der Waals surface area (Å²) < 4.78 is 72.7. The van der Waals surface area contributed by atoms with Crippen molar-refractivity contribution in [3.63, 3.8) is 0 Å². The normalized spacial score (nSPS) is 20.3. The second kappa shape index (κ2) is 8.10. The van der Waals surface area contributed by atoms with Crippen molar-refractivity contribution < 1.29 is 36.2 Å². The molecular weight excluding hydrogens is 417 g/mol. The van der Waals surface area contributed by atoms with E-state index in [9.17, 15) is 26.7 Å². The highest BCUT2D eigenvalue weighted by Crippen LogP contribution is 2.36. The van der Waals surface area contributed by atoms with Gasteiger partial charge in [0.05, 0.1) is 18.1 Å². The highest BCUT2D eigenvalue weighted by molar-refractivity contribution is 7.89. The number of benzene rings is 1. The van der Waals surface area contributed by atoms with E-state index in [4.69, 9.17) is 14.6 Å². The Labute approximate surface area is 163 Å². The molecule has 1 aromatic heterocycles. The molecule has 2 unspecified atom stereocenters. The third-order valence-electron chi connectivity index (χ3n) is 4.03. The van der Waals surface area contributed by atoms with Gasteiger partial charge in [0.15, 0.2) is 0 Å². The number of aliphatic hydroxyl groups is 1. The molecular formula is C16H17F3N4O5S. The Balaban J connectivity index is 1.86. The van der Waals surface area contributed by atoms with Gasteiger partial charge in [-0.1, -0.05) is 0 Å². The minimum absolute atomic E-state index is 0.0569. The number of nitrogens with one attached hydrogen (secondary N) is 1. The molecule has 2 aromatic rings. The van der Waals surface area contributed by atoms with Crippen LogP contribution in [0.5, 0.6) is 5.88 Å². The van der Waals surface area contributed by atoms with Gasteiger partial charge < -0.3 is 19.9 Å². The van der Waals surface area contributed by atoms with E-state index in [1.807, 2.05) is 0 Å². The van der Waals surface area contributed by atoms with Crippen LogP contribution in [0.25, 0.3) is 0 Å². The fourth-order valence-corrected chi connectivity index (χ4v) is 3.07. The molecule has 0 saturated carbocycles. The lowest BCUT2D eigenvalue weighted by atomic mass is 10.1. The van der Waals surface area contributed by atoms with Gasteiger partial charge in [0, 0.05) is 18.3 Å². The average Bonchev–Trinajstić information content (AvgIpc) is 2.62. The first kappa shape index (κ1) is 21.2. The topological polar surface area (TPSA) is 137 Å². The largest absolute Gasteiger partial charge is 0.471 e. The summed E-state index contributed by atoms with van der Waals surface area (Å²) in [4.78, 5) is 7.28. The lowest BCUT2D eigenvalue weighted by Gasteiger charge is -2.28. The summed E-state index contributed by atoms with van der Waals surface area (Å²) in [5.74, 6) is -0.944. The summed E-state index contributed by atoms with van der Waals surface area (Å²) in [6.07, 6.45) is -6.01. The quantitative estimate of drug-likeness (QED) is 0.643. The molecule has 0 amide bonds. The van der Waals surface area contributed by atoms with Crippen molar-refractivity contribution in [3.8, 4) is 5.88 Å². The van der Waals surface area contributed by atoms with Crippen LogP contribution in [0.3, 0.4) is 0 Å². The number of primary sulfonamides is 1. The lowest BCUT2D eigenvalue weighted by Crippen LogP contribution is -2.41. The van der Waals surface area contributed by atoms with Crippen LogP contribution in [-0.4, -0.2) is 48.9 Å². The molecule has 0 bridgehead atoms. The highest BCUT2D eigenvalue weighted by Gasteiger charge is 2.38. The molecule has 0 radical (unpaired) electrons.